The van der Waals surface area contributed by atoms with E-state index in [2.05, 4.69) is 0 Å². The Morgan fingerprint density at radius 2 is 1.32 bits per heavy atom. The molecule has 2 aliphatic carbocycles. The largest absolute Gasteiger partial charge is 0.389 e. The van der Waals surface area contributed by atoms with Crippen LogP contribution in [0.1, 0.15) is 93.2 Å². The molecule has 0 amide bonds. The molecule has 1 aromatic rings. The maximum absolute atomic E-state index is 6.29. The van der Waals surface area contributed by atoms with Gasteiger partial charge in [0.15, 0.2) is 0 Å². The molecule has 0 saturated heterocycles. The van der Waals surface area contributed by atoms with Gasteiger partial charge in [0.25, 0.3) is 0 Å². The lowest BCUT2D eigenvalue weighted by atomic mass is 9.90. The van der Waals surface area contributed by atoms with Gasteiger partial charge in [-0.2, -0.15) is 0 Å². The van der Waals surface area contributed by atoms with Crippen LogP contribution in [-0.4, -0.2) is 4.98 Å². The molecule has 19 heavy (non-hydrogen) atoms. The van der Waals surface area contributed by atoms with Gasteiger partial charge in [0.1, 0.15) is 5.00 Å². The molecule has 0 aromatic carbocycles. The molecule has 3 rings (SSSR count). The number of thiazole rings is 1. The van der Waals surface area contributed by atoms with Crippen molar-refractivity contribution in [2.24, 2.45) is 0 Å². The number of nitrogens with zero attached hydrogens (tertiary/aromatic N) is 1. The van der Waals surface area contributed by atoms with Crippen LogP contribution in [0.25, 0.3) is 0 Å². The molecular weight excluding hydrogens is 252 g/mol. The molecule has 3 heteroatoms. The molecule has 2 fully saturated rings. The Balaban J connectivity index is 1.75. The second-order valence-corrected chi connectivity index (χ2v) is 7.39. The van der Waals surface area contributed by atoms with E-state index in [1.807, 2.05) is 0 Å². The molecule has 0 unspecified atom stereocenters. The van der Waals surface area contributed by atoms with Crippen LogP contribution in [0.15, 0.2) is 0 Å². The Hall–Kier alpha value is -0.570. The highest BCUT2D eigenvalue weighted by Gasteiger charge is 2.24. The number of nitrogen functional groups attached to an aromatic ring is 1. The van der Waals surface area contributed by atoms with Crippen LogP contribution in [0.3, 0.4) is 0 Å². The predicted molar refractivity (Wildman–Crippen MR) is 82.8 cm³/mol. The fourth-order valence-corrected chi connectivity index (χ4v) is 4.82. The summed E-state index contributed by atoms with van der Waals surface area (Å²) in [4.78, 5) is 4.99. The lowest BCUT2D eigenvalue weighted by Gasteiger charge is -2.19. The molecule has 1 heterocycles. The van der Waals surface area contributed by atoms with E-state index in [1.165, 1.54) is 81.3 Å². The fraction of sp³-hybridized carbons (Fsp3) is 0.812. The number of hydrogen-bond donors (Lipinski definition) is 1. The maximum Gasteiger partial charge on any atom is 0.110 e. The summed E-state index contributed by atoms with van der Waals surface area (Å²) in [6.07, 6.45) is 15.0. The molecule has 0 atom stereocenters. The van der Waals surface area contributed by atoms with Crippen molar-refractivity contribution in [3.8, 4) is 0 Å². The minimum atomic E-state index is 0.649. The van der Waals surface area contributed by atoms with E-state index in [-0.39, 0.29) is 0 Å². The Morgan fingerprint density at radius 1 is 0.789 bits per heavy atom. The van der Waals surface area contributed by atoms with E-state index in [4.69, 9.17) is 10.7 Å². The predicted octanol–water partition coefficient (Wildman–Crippen LogP) is 5.21. The monoisotopic (exact) mass is 278 g/mol. The third-order valence-corrected chi connectivity index (χ3v) is 5.96. The van der Waals surface area contributed by atoms with Crippen LogP contribution in [-0.2, 0) is 0 Å². The summed E-state index contributed by atoms with van der Waals surface area (Å²) in [5, 5.41) is 2.36. The maximum atomic E-state index is 6.29. The van der Waals surface area contributed by atoms with Gasteiger partial charge in [-0.1, -0.05) is 44.9 Å². The normalized spacial score (nSPS) is 23.4. The van der Waals surface area contributed by atoms with Crippen molar-refractivity contribution in [3.63, 3.8) is 0 Å². The lowest BCUT2D eigenvalue weighted by molar-refractivity contribution is 0.441. The van der Waals surface area contributed by atoms with Gasteiger partial charge in [-0.3, -0.25) is 0 Å². The van der Waals surface area contributed by atoms with E-state index in [9.17, 15) is 0 Å². The molecule has 0 spiro atoms. The first-order valence-electron chi connectivity index (χ1n) is 8.10. The smallest absolute Gasteiger partial charge is 0.110 e. The third-order valence-electron chi connectivity index (χ3n) is 4.89. The van der Waals surface area contributed by atoms with Crippen LogP contribution in [0.5, 0.6) is 0 Å². The van der Waals surface area contributed by atoms with Crippen LogP contribution >= 0.6 is 11.3 Å². The Bertz CT molecular complexity index is 399. The highest BCUT2D eigenvalue weighted by atomic mass is 32.1. The lowest BCUT2D eigenvalue weighted by Crippen LogP contribution is -2.05. The fourth-order valence-electron chi connectivity index (χ4n) is 3.73. The van der Waals surface area contributed by atoms with Gasteiger partial charge in [-0.25, -0.2) is 4.98 Å². The van der Waals surface area contributed by atoms with Crippen molar-refractivity contribution in [1.29, 1.82) is 0 Å². The zero-order valence-electron chi connectivity index (χ0n) is 11.9. The summed E-state index contributed by atoms with van der Waals surface area (Å²) in [5.41, 5.74) is 7.54. The van der Waals surface area contributed by atoms with Crippen LogP contribution in [0, 0.1) is 0 Å². The summed E-state index contributed by atoms with van der Waals surface area (Å²) < 4.78 is 0. The molecule has 2 aliphatic rings. The molecule has 2 saturated carbocycles. The number of anilines is 1. The molecule has 0 radical (unpaired) electrons. The summed E-state index contributed by atoms with van der Waals surface area (Å²) in [7, 11) is 0. The second-order valence-electron chi connectivity index (χ2n) is 6.33. The van der Waals surface area contributed by atoms with Gasteiger partial charge in [-0.05, 0) is 25.7 Å². The van der Waals surface area contributed by atoms with Gasteiger partial charge in [0, 0.05) is 11.8 Å². The molecular formula is C16H26N2S. The van der Waals surface area contributed by atoms with Gasteiger partial charge in [0.05, 0.1) is 10.7 Å². The highest BCUT2D eigenvalue weighted by molar-refractivity contribution is 7.15. The molecule has 2 nitrogen and oxygen atoms in total. The van der Waals surface area contributed by atoms with Crippen LogP contribution < -0.4 is 5.73 Å². The second kappa shape index (κ2) is 6.25. The Labute approximate surface area is 120 Å². The minimum absolute atomic E-state index is 0.649. The SMILES string of the molecule is Nc1sc(C2CCCCC2)nc1C1CCCCCC1. The van der Waals surface area contributed by atoms with Crippen LogP contribution in [0.4, 0.5) is 5.00 Å². The molecule has 2 N–H and O–H groups in total. The first-order valence-corrected chi connectivity index (χ1v) is 8.92. The van der Waals surface area contributed by atoms with E-state index in [0.717, 1.165) is 5.00 Å². The zero-order valence-corrected chi connectivity index (χ0v) is 12.7. The van der Waals surface area contributed by atoms with E-state index in [0.29, 0.717) is 11.8 Å². The van der Waals surface area contributed by atoms with E-state index in [1.54, 1.807) is 11.3 Å². The Morgan fingerprint density at radius 3 is 1.95 bits per heavy atom. The number of rotatable bonds is 2. The molecule has 0 aliphatic heterocycles. The molecule has 0 bridgehead atoms. The van der Waals surface area contributed by atoms with Crippen molar-refractivity contribution >= 4 is 16.3 Å². The summed E-state index contributed by atoms with van der Waals surface area (Å²) in [6, 6.07) is 0. The standard InChI is InChI=1S/C16H26N2S/c17-15-14(12-8-4-1-2-5-9-12)18-16(19-15)13-10-6-3-7-11-13/h12-13H,1-11,17H2. The van der Waals surface area contributed by atoms with Gasteiger partial charge in [0.2, 0.25) is 0 Å². The first-order chi connectivity index (χ1) is 9.34. The summed E-state index contributed by atoms with van der Waals surface area (Å²) in [6.45, 7) is 0. The number of aromatic nitrogens is 1. The van der Waals surface area contributed by atoms with Crippen molar-refractivity contribution < 1.29 is 0 Å². The zero-order chi connectivity index (χ0) is 13.1. The molecule has 1 aromatic heterocycles. The van der Waals surface area contributed by atoms with Crippen molar-refractivity contribution in [2.45, 2.75) is 82.5 Å². The van der Waals surface area contributed by atoms with Crippen LogP contribution in [0.2, 0.25) is 0 Å². The van der Waals surface area contributed by atoms with Gasteiger partial charge < -0.3 is 5.73 Å². The average Bonchev–Trinajstić information content (AvgIpc) is 2.66. The summed E-state index contributed by atoms with van der Waals surface area (Å²) >= 11 is 1.79. The van der Waals surface area contributed by atoms with Crippen molar-refractivity contribution in [1.82, 2.24) is 4.98 Å². The van der Waals surface area contributed by atoms with Gasteiger partial charge >= 0.3 is 0 Å². The Kier molecular flexibility index (Phi) is 4.42. The average molecular weight is 278 g/mol. The third kappa shape index (κ3) is 3.13. The highest BCUT2D eigenvalue weighted by Crippen LogP contribution is 2.41. The summed E-state index contributed by atoms with van der Waals surface area (Å²) in [5.74, 6) is 1.36. The van der Waals surface area contributed by atoms with E-state index >= 15 is 0 Å². The number of nitrogens with two attached hydrogens (primary N) is 1. The first kappa shape index (κ1) is 13.4. The van der Waals surface area contributed by atoms with Crippen molar-refractivity contribution in [3.05, 3.63) is 10.7 Å². The van der Waals surface area contributed by atoms with Gasteiger partial charge in [-0.15, -0.1) is 11.3 Å². The van der Waals surface area contributed by atoms with E-state index < -0.39 is 0 Å². The number of hydrogen-bond acceptors (Lipinski definition) is 3. The quantitative estimate of drug-likeness (QED) is 0.754. The minimum Gasteiger partial charge on any atom is -0.389 e. The van der Waals surface area contributed by atoms with Crippen molar-refractivity contribution in [2.75, 3.05) is 5.73 Å². The topological polar surface area (TPSA) is 38.9 Å². The molecule has 106 valence electrons.